The number of benzene rings is 1. The van der Waals surface area contributed by atoms with Gasteiger partial charge in [-0.15, -0.1) is 0 Å². The monoisotopic (exact) mass is 380 g/mol. The van der Waals surface area contributed by atoms with E-state index in [9.17, 15) is 4.79 Å². The Kier molecular flexibility index (Phi) is 4.33. The number of piperidine rings is 1. The van der Waals surface area contributed by atoms with Gasteiger partial charge in [0.15, 0.2) is 0 Å². The van der Waals surface area contributed by atoms with Crippen molar-refractivity contribution in [3.05, 3.63) is 51.9 Å². The molecule has 148 valence electrons. The lowest BCUT2D eigenvalue weighted by molar-refractivity contribution is -0.231. The van der Waals surface area contributed by atoms with Gasteiger partial charge in [-0.05, 0) is 43.5 Å². The van der Waals surface area contributed by atoms with Gasteiger partial charge in [-0.1, -0.05) is 12.5 Å². The maximum atomic E-state index is 11.8. The third-order valence-electron chi connectivity index (χ3n) is 6.93. The molecule has 3 aliphatic rings. The second kappa shape index (κ2) is 6.75. The lowest BCUT2D eigenvalue weighted by Gasteiger charge is -2.47. The summed E-state index contributed by atoms with van der Waals surface area (Å²) in [7, 11) is 1.81. The molecule has 2 aliphatic heterocycles. The largest absolute Gasteiger partial charge is 0.462 e. The Hall–Kier alpha value is -2.11. The van der Waals surface area contributed by atoms with Gasteiger partial charge in [-0.3, -0.25) is 9.69 Å². The fourth-order valence-corrected chi connectivity index (χ4v) is 4.66. The van der Waals surface area contributed by atoms with Crippen molar-refractivity contribution in [1.29, 1.82) is 0 Å². The zero-order chi connectivity index (χ0) is 19.3. The molecular formula is C23H28N2O3. The average Bonchev–Trinajstić information content (AvgIpc) is 2.67. The standard InChI is InChI=1S/C23H28N2O3/c1-16-20(7-9-22(26)24(16)2)17-6-8-21-18(14-17)15-27-23(28-21)10-12-25(13-11-23)19-4-3-5-19/h6-9,14,19H,3-5,10-13,15H2,1-2H3. The van der Waals surface area contributed by atoms with Crippen LogP contribution in [0, 0.1) is 6.92 Å². The van der Waals surface area contributed by atoms with E-state index >= 15 is 0 Å². The first-order valence-electron chi connectivity index (χ1n) is 10.4. The Labute approximate surface area is 165 Å². The molecule has 1 saturated carbocycles. The quantitative estimate of drug-likeness (QED) is 0.798. The summed E-state index contributed by atoms with van der Waals surface area (Å²) in [6.07, 6.45) is 5.95. The lowest BCUT2D eigenvalue weighted by Crippen LogP contribution is -2.54. The SMILES string of the molecule is Cc1c(-c2ccc3c(c2)COC2(CCN(C4CCC4)CC2)O3)ccc(=O)n1C. The number of hydrogen-bond donors (Lipinski definition) is 0. The fourth-order valence-electron chi connectivity index (χ4n) is 4.66. The fraction of sp³-hybridized carbons (Fsp3) is 0.522. The van der Waals surface area contributed by atoms with Crippen LogP contribution in [0.25, 0.3) is 11.1 Å². The summed E-state index contributed by atoms with van der Waals surface area (Å²) >= 11 is 0. The van der Waals surface area contributed by atoms with E-state index in [2.05, 4.69) is 23.1 Å². The summed E-state index contributed by atoms with van der Waals surface area (Å²) in [4.78, 5) is 14.4. The highest BCUT2D eigenvalue weighted by Crippen LogP contribution is 2.40. The molecular weight excluding hydrogens is 352 g/mol. The Balaban J connectivity index is 1.35. The van der Waals surface area contributed by atoms with Crippen LogP contribution in [0.3, 0.4) is 0 Å². The number of ether oxygens (including phenoxy) is 2. The molecule has 5 nitrogen and oxygen atoms in total. The number of pyridine rings is 1. The Morgan fingerprint density at radius 2 is 1.89 bits per heavy atom. The third kappa shape index (κ3) is 2.97. The molecule has 0 unspecified atom stereocenters. The van der Waals surface area contributed by atoms with E-state index in [0.29, 0.717) is 6.61 Å². The molecule has 2 fully saturated rings. The molecule has 5 heteroatoms. The van der Waals surface area contributed by atoms with Gasteiger partial charge in [0.25, 0.3) is 0 Å². The minimum Gasteiger partial charge on any atom is -0.462 e. The molecule has 0 amide bonds. The molecule has 0 radical (unpaired) electrons. The van der Waals surface area contributed by atoms with E-state index in [0.717, 1.165) is 60.1 Å². The summed E-state index contributed by atoms with van der Waals surface area (Å²) in [5.74, 6) is 0.482. The average molecular weight is 380 g/mol. The van der Waals surface area contributed by atoms with Crippen LogP contribution in [-0.4, -0.2) is 34.4 Å². The van der Waals surface area contributed by atoms with Gasteiger partial charge in [-0.25, -0.2) is 0 Å². The predicted octanol–water partition coefficient (Wildman–Crippen LogP) is 3.61. The molecule has 5 rings (SSSR count). The van der Waals surface area contributed by atoms with Crippen molar-refractivity contribution in [2.75, 3.05) is 13.1 Å². The topological polar surface area (TPSA) is 43.7 Å². The van der Waals surface area contributed by atoms with Gasteiger partial charge in [0, 0.05) is 61.9 Å². The molecule has 0 bridgehead atoms. The highest BCUT2D eigenvalue weighted by Gasteiger charge is 2.42. The highest BCUT2D eigenvalue weighted by atomic mass is 16.7. The van der Waals surface area contributed by atoms with Crippen molar-refractivity contribution in [2.45, 2.75) is 57.5 Å². The van der Waals surface area contributed by atoms with E-state index in [1.165, 1.54) is 19.3 Å². The molecule has 2 aromatic rings. The van der Waals surface area contributed by atoms with E-state index in [1.807, 2.05) is 20.0 Å². The van der Waals surface area contributed by atoms with Crippen LogP contribution in [0.2, 0.25) is 0 Å². The summed E-state index contributed by atoms with van der Waals surface area (Å²) < 4.78 is 14.4. The minimum atomic E-state index is -0.457. The van der Waals surface area contributed by atoms with Gasteiger partial charge in [0.05, 0.1) is 6.61 Å². The second-order valence-corrected chi connectivity index (χ2v) is 8.47. The number of fused-ring (bicyclic) bond motifs is 1. The third-order valence-corrected chi connectivity index (χ3v) is 6.93. The van der Waals surface area contributed by atoms with E-state index < -0.39 is 5.79 Å². The molecule has 1 spiro atoms. The Morgan fingerprint density at radius 1 is 1.11 bits per heavy atom. The molecule has 0 atom stereocenters. The molecule has 1 aromatic carbocycles. The Bertz CT molecular complexity index is 953. The molecule has 0 N–H and O–H groups in total. The lowest BCUT2D eigenvalue weighted by atomic mass is 9.89. The molecule has 1 saturated heterocycles. The van der Waals surface area contributed by atoms with Gasteiger partial charge < -0.3 is 14.0 Å². The van der Waals surface area contributed by atoms with Crippen LogP contribution in [0.1, 0.15) is 43.4 Å². The van der Waals surface area contributed by atoms with Gasteiger partial charge in [0.2, 0.25) is 11.3 Å². The maximum absolute atomic E-state index is 11.8. The van der Waals surface area contributed by atoms with Crippen LogP contribution in [0.4, 0.5) is 0 Å². The van der Waals surface area contributed by atoms with Crippen molar-refractivity contribution in [2.24, 2.45) is 7.05 Å². The van der Waals surface area contributed by atoms with E-state index in [-0.39, 0.29) is 5.56 Å². The van der Waals surface area contributed by atoms with Gasteiger partial charge in [0.1, 0.15) is 5.75 Å². The van der Waals surface area contributed by atoms with Crippen LogP contribution < -0.4 is 10.3 Å². The normalized spacial score (nSPS) is 21.8. The number of nitrogens with zero attached hydrogens (tertiary/aromatic N) is 2. The zero-order valence-electron chi connectivity index (χ0n) is 16.7. The van der Waals surface area contributed by atoms with Crippen molar-refractivity contribution in [3.8, 4) is 16.9 Å². The number of likely N-dealkylation sites (tertiary alicyclic amines) is 1. The first-order valence-corrected chi connectivity index (χ1v) is 10.4. The van der Waals surface area contributed by atoms with Crippen LogP contribution in [-0.2, 0) is 18.4 Å². The highest BCUT2D eigenvalue weighted by molar-refractivity contribution is 5.68. The predicted molar refractivity (Wildman–Crippen MR) is 108 cm³/mol. The minimum absolute atomic E-state index is 0.0149. The summed E-state index contributed by atoms with van der Waals surface area (Å²) in [5, 5.41) is 0. The molecule has 1 aromatic heterocycles. The van der Waals surface area contributed by atoms with Crippen LogP contribution in [0.15, 0.2) is 35.1 Å². The van der Waals surface area contributed by atoms with Crippen molar-refractivity contribution in [3.63, 3.8) is 0 Å². The first kappa shape index (κ1) is 18.0. The first-order chi connectivity index (χ1) is 13.5. The van der Waals surface area contributed by atoms with Crippen molar-refractivity contribution >= 4 is 0 Å². The summed E-state index contributed by atoms with van der Waals surface area (Å²) in [6.45, 7) is 4.69. The number of hydrogen-bond acceptors (Lipinski definition) is 4. The van der Waals surface area contributed by atoms with E-state index in [1.54, 1.807) is 10.6 Å². The smallest absolute Gasteiger partial charge is 0.250 e. The van der Waals surface area contributed by atoms with E-state index in [4.69, 9.17) is 9.47 Å². The Morgan fingerprint density at radius 3 is 2.61 bits per heavy atom. The maximum Gasteiger partial charge on any atom is 0.250 e. The zero-order valence-corrected chi connectivity index (χ0v) is 16.7. The van der Waals surface area contributed by atoms with Gasteiger partial charge in [-0.2, -0.15) is 0 Å². The second-order valence-electron chi connectivity index (χ2n) is 8.47. The molecule has 3 heterocycles. The molecule has 28 heavy (non-hydrogen) atoms. The number of aromatic nitrogens is 1. The summed E-state index contributed by atoms with van der Waals surface area (Å²) in [6, 6.07) is 10.6. The molecule has 1 aliphatic carbocycles. The summed E-state index contributed by atoms with van der Waals surface area (Å²) in [5.41, 5.74) is 4.22. The van der Waals surface area contributed by atoms with Crippen molar-refractivity contribution in [1.82, 2.24) is 9.47 Å². The van der Waals surface area contributed by atoms with Crippen LogP contribution >= 0.6 is 0 Å². The van der Waals surface area contributed by atoms with Crippen molar-refractivity contribution < 1.29 is 9.47 Å². The van der Waals surface area contributed by atoms with Crippen LogP contribution in [0.5, 0.6) is 5.75 Å². The number of rotatable bonds is 2. The van der Waals surface area contributed by atoms with Gasteiger partial charge >= 0.3 is 0 Å².